The van der Waals surface area contributed by atoms with Gasteiger partial charge < -0.3 is 20.1 Å². The minimum Gasteiger partial charge on any atom is -0.463 e. The normalized spacial score (nSPS) is 13.7. The van der Waals surface area contributed by atoms with Gasteiger partial charge in [-0.2, -0.15) is 0 Å². The number of hydrogen-bond donors (Lipinski definition) is 3. The van der Waals surface area contributed by atoms with Gasteiger partial charge in [0.25, 0.3) is 0 Å². The monoisotopic (exact) mass is 742 g/mol. The van der Waals surface area contributed by atoms with Crippen molar-refractivity contribution in [2.75, 3.05) is 26.4 Å². The van der Waals surface area contributed by atoms with Gasteiger partial charge in [0.2, 0.25) is 5.91 Å². The Labute approximate surface area is 312 Å². The molecule has 0 rings (SSSR count). The first-order valence-electron chi connectivity index (χ1n) is 20.5. The van der Waals surface area contributed by atoms with E-state index < -0.39 is 26.5 Å². The van der Waals surface area contributed by atoms with Gasteiger partial charge in [0, 0.05) is 19.4 Å². The summed E-state index contributed by atoms with van der Waals surface area (Å²) in [7, 11) is -4.42. The van der Waals surface area contributed by atoms with Gasteiger partial charge in [0.15, 0.2) is 0 Å². The summed E-state index contributed by atoms with van der Waals surface area (Å²) < 4.78 is 26.8. The van der Waals surface area contributed by atoms with Crippen LogP contribution >= 0.6 is 7.82 Å². The average Bonchev–Trinajstić information content (AvgIpc) is 3.11. The fourth-order valence-corrected chi connectivity index (χ4v) is 6.16. The van der Waals surface area contributed by atoms with Crippen LogP contribution in [0.2, 0.25) is 0 Å². The number of rotatable bonds is 38. The highest BCUT2D eigenvalue weighted by Crippen LogP contribution is 2.42. The Morgan fingerprint density at radius 3 is 1.63 bits per heavy atom. The summed E-state index contributed by atoms with van der Waals surface area (Å²) in [5.74, 6) is -0.539. The van der Waals surface area contributed by atoms with E-state index in [1.165, 1.54) is 77.0 Å². The number of esters is 1. The van der Waals surface area contributed by atoms with E-state index in [-0.39, 0.29) is 32.1 Å². The lowest BCUT2D eigenvalue weighted by Gasteiger charge is -2.15. The predicted octanol–water partition coefficient (Wildman–Crippen LogP) is 11.0. The van der Waals surface area contributed by atoms with Gasteiger partial charge in [-0.1, -0.05) is 134 Å². The molecule has 0 heterocycles. The van der Waals surface area contributed by atoms with Crippen LogP contribution in [0.25, 0.3) is 0 Å². The molecular weight excluding hydrogens is 665 g/mol. The molecule has 0 aliphatic heterocycles. The molecule has 0 bridgehead atoms. The van der Waals surface area contributed by atoms with E-state index in [0.717, 1.165) is 77.0 Å². The van der Waals surface area contributed by atoms with Crippen molar-refractivity contribution < 1.29 is 37.9 Å². The second kappa shape index (κ2) is 38.0. The number of unbranched alkanes of at least 4 members (excludes halogenated alkanes) is 19. The fraction of sp³-hybridized carbons (Fsp3) is 0.805. The van der Waals surface area contributed by atoms with Crippen LogP contribution in [0.15, 0.2) is 36.5 Å². The lowest BCUT2D eigenvalue weighted by atomic mass is 10.1. The maximum Gasteiger partial charge on any atom is 0.472 e. The number of aliphatic hydroxyl groups is 1. The third kappa shape index (κ3) is 39.3. The summed E-state index contributed by atoms with van der Waals surface area (Å²) in [5, 5.41) is 12.7. The van der Waals surface area contributed by atoms with E-state index in [9.17, 15) is 24.2 Å². The van der Waals surface area contributed by atoms with Gasteiger partial charge in [0.05, 0.1) is 13.2 Å². The van der Waals surface area contributed by atoms with Gasteiger partial charge in [-0.15, -0.1) is 0 Å². The van der Waals surface area contributed by atoms with Gasteiger partial charge >= 0.3 is 13.8 Å². The quantitative estimate of drug-likeness (QED) is 0.0247. The maximum absolute atomic E-state index is 12.1. The molecule has 1 amide bonds. The Morgan fingerprint density at radius 1 is 0.608 bits per heavy atom. The summed E-state index contributed by atoms with van der Waals surface area (Å²) in [6, 6.07) is 0. The van der Waals surface area contributed by atoms with Crippen molar-refractivity contribution in [3.8, 4) is 0 Å². The molecule has 0 aromatic heterocycles. The van der Waals surface area contributed by atoms with Crippen LogP contribution in [0.1, 0.15) is 181 Å². The Kier molecular flexibility index (Phi) is 36.7. The van der Waals surface area contributed by atoms with Crippen molar-refractivity contribution in [3.63, 3.8) is 0 Å². The van der Waals surface area contributed by atoms with Crippen molar-refractivity contribution >= 4 is 19.7 Å². The molecular formula is C41H76NO8P. The van der Waals surface area contributed by atoms with Crippen LogP contribution in [0.4, 0.5) is 0 Å². The number of allylic oxidation sites excluding steroid dienone is 6. The van der Waals surface area contributed by atoms with E-state index in [4.69, 9.17) is 13.8 Å². The molecule has 3 N–H and O–H groups in total. The molecule has 0 aromatic carbocycles. The summed E-state index contributed by atoms with van der Waals surface area (Å²) >= 11 is 0. The molecule has 2 unspecified atom stereocenters. The zero-order valence-corrected chi connectivity index (χ0v) is 33.4. The molecule has 2 atom stereocenters. The molecule has 0 aliphatic rings. The third-order valence-corrected chi connectivity index (χ3v) is 9.53. The zero-order chi connectivity index (χ0) is 37.5. The molecule has 10 heteroatoms. The smallest absolute Gasteiger partial charge is 0.463 e. The number of aliphatic hydroxyl groups excluding tert-OH is 1. The van der Waals surface area contributed by atoms with Crippen LogP contribution in [0, 0.1) is 0 Å². The number of carbonyl (C=O) groups excluding carboxylic acids is 2. The van der Waals surface area contributed by atoms with E-state index in [1.807, 2.05) is 0 Å². The molecule has 51 heavy (non-hydrogen) atoms. The molecule has 0 saturated carbocycles. The number of amides is 1. The van der Waals surface area contributed by atoms with Gasteiger partial charge in [0.1, 0.15) is 12.7 Å². The first kappa shape index (κ1) is 49.2. The van der Waals surface area contributed by atoms with Crippen molar-refractivity contribution in [1.82, 2.24) is 5.32 Å². The lowest BCUT2D eigenvalue weighted by Crippen LogP contribution is -2.27. The van der Waals surface area contributed by atoms with E-state index in [1.54, 1.807) is 0 Å². The molecule has 0 radical (unpaired) electrons. The number of phosphoric acid groups is 1. The van der Waals surface area contributed by atoms with Gasteiger partial charge in [-0.25, -0.2) is 4.57 Å². The summed E-state index contributed by atoms with van der Waals surface area (Å²) in [6.07, 6.45) is 40.7. The number of hydrogen-bond acceptors (Lipinski definition) is 7. The SMILES string of the molecule is CCCCC/C=C\C/C=C\CCCCCCCC(=O)OCC(O)COP(=O)(O)OCCNC(=O)CCCCCCC/C=C\CCCCCCCC. The predicted molar refractivity (Wildman–Crippen MR) is 211 cm³/mol. The Balaban J connectivity index is 3.64. The minimum atomic E-state index is -4.42. The molecule has 0 aliphatic carbocycles. The molecule has 0 spiro atoms. The summed E-state index contributed by atoms with van der Waals surface area (Å²) in [4.78, 5) is 33.8. The molecule has 0 aromatic rings. The standard InChI is InChI=1S/C41H76NO8P/c1-3-5-7-9-11-13-15-17-19-21-23-25-27-29-31-33-40(44)42-35-36-49-51(46,47)50-38-39(43)37-48-41(45)34-32-30-28-26-24-22-20-18-16-14-12-10-8-6-4-2/h12,14,17-20,39,43H,3-11,13,15-16,21-38H2,1-2H3,(H,42,44)(H,46,47)/b14-12-,19-17-,20-18-. The Hall–Kier alpha value is -1.77. The van der Waals surface area contributed by atoms with Crippen molar-refractivity contribution in [1.29, 1.82) is 0 Å². The first-order chi connectivity index (χ1) is 24.8. The topological polar surface area (TPSA) is 131 Å². The van der Waals surface area contributed by atoms with Crippen LogP contribution in [-0.4, -0.2) is 54.3 Å². The van der Waals surface area contributed by atoms with Crippen LogP contribution in [-0.2, 0) is 27.9 Å². The number of nitrogens with one attached hydrogen (secondary N) is 1. The van der Waals surface area contributed by atoms with Crippen LogP contribution < -0.4 is 5.32 Å². The largest absolute Gasteiger partial charge is 0.472 e. The van der Waals surface area contributed by atoms with Gasteiger partial charge in [-0.3, -0.25) is 18.6 Å². The average molecular weight is 742 g/mol. The molecule has 0 fully saturated rings. The van der Waals surface area contributed by atoms with Crippen LogP contribution in [0.3, 0.4) is 0 Å². The summed E-state index contributed by atoms with van der Waals surface area (Å²) in [5.41, 5.74) is 0. The van der Waals surface area contributed by atoms with Crippen LogP contribution in [0.5, 0.6) is 0 Å². The Morgan fingerprint density at radius 2 is 1.06 bits per heavy atom. The third-order valence-electron chi connectivity index (χ3n) is 8.54. The van der Waals surface area contributed by atoms with E-state index in [2.05, 4.69) is 55.6 Å². The van der Waals surface area contributed by atoms with Crippen molar-refractivity contribution in [2.24, 2.45) is 0 Å². The second-order valence-electron chi connectivity index (χ2n) is 13.6. The fourth-order valence-electron chi connectivity index (χ4n) is 5.40. The molecule has 9 nitrogen and oxygen atoms in total. The van der Waals surface area contributed by atoms with E-state index in [0.29, 0.717) is 6.42 Å². The minimum absolute atomic E-state index is 0.0756. The number of carbonyl (C=O) groups is 2. The highest BCUT2D eigenvalue weighted by atomic mass is 31.2. The lowest BCUT2D eigenvalue weighted by molar-refractivity contribution is -0.147. The first-order valence-corrected chi connectivity index (χ1v) is 22.0. The number of ether oxygens (including phenoxy) is 1. The highest BCUT2D eigenvalue weighted by molar-refractivity contribution is 7.47. The molecule has 298 valence electrons. The number of phosphoric ester groups is 1. The zero-order valence-electron chi connectivity index (χ0n) is 32.5. The van der Waals surface area contributed by atoms with E-state index >= 15 is 0 Å². The van der Waals surface area contributed by atoms with Crippen molar-refractivity contribution in [2.45, 2.75) is 187 Å². The highest BCUT2D eigenvalue weighted by Gasteiger charge is 2.23. The van der Waals surface area contributed by atoms with Crippen molar-refractivity contribution in [3.05, 3.63) is 36.5 Å². The summed E-state index contributed by atoms with van der Waals surface area (Å²) in [6.45, 7) is 3.49. The maximum atomic E-state index is 12.1. The second-order valence-corrected chi connectivity index (χ2v) is 15.1. The Bertz CT molecular complexity index is 939. The molecule has 0 saturated heterocycles. The van der Waals surface area contributed by atoms with Gasteiger partial charge in [-0.05, 0) is 70.6 Å².